The number of rotatable bonds is 6. The molecule has 1 amide bonds. The van der Waals surface area contributed by atoms with Crippen LogP contribution < -0.4 is 10.2 Å². The summed E-state index contributed by atoms with van der Waals surface area (Å²) in [6.45, 7) is 3.80. The van der Waals surface area contributed by atoms with E-state index >= 15 is 0 Å². The standard InChI is InChI=1S/C18H26N2O2/c1-14-6-7-15-4-2-3-5-16(15)20(14)11-8-17(22)19-12-18(13-21)9-10-18/h2-5,14,21H,6-13H2,1H3,(H,19,22). The first-order valence-corrected chi connectivity index (χ1v) is 8.36. The van der Waals surface area contributed by atoms with Crippen LogP contribution in [0.1, 0.15) is 38.2 Å². The van der Waals surface area contributed by atoms with Gasteiger partial charge in [0.2, 0.25) is 5.91 Å². The molecule has 4 heteroatoms. The second-order valence-corrected chi connectivity index (χ2v) is 6.89. The van der Waals surface area contributed by atoms with Gasteiger partial charge in [-0.1, -0.05) is 18.2 Å². The van der Waals surface area contributed by atoms with Crippen LogP contribution in [-0.4, -0.2) is 36.8 Å². The lowest BCUT2D eigenvalue weighted by atomic mass is 9.96. The molecule has 1 aromatic carbocycles. The number of anilines is 1. The third-order valence-corrected chi connectivity index (χ3v) is 5.20. The fourth-order valence-corrected chi connectivity index (χ4v) is 3.26. The first-order valence-electron chi connectivity index (χ1n) is 8.36. The van der Waals surface area contributed by atoms with Crippen LogP contribution in [0.15, 0.2) is 24.3 Å². The van der Waals surface area contributed by atoms with Gasteiger partial charge < -0.3 is 15.3 Å². The Morgan fingerprint density at radius 1 is 1.41 bits per heavy atom. The van der Waals surface area contributed by atoms with Crippen molar-refractivity contribution in [3.05, 3.63) is 29.8 Å². The number of fused-ring (bicyclic) bond motifs is 1. The molecule has 1 atom stereocenters. The highest BCUT2D eigenvalue weighted by Crippen LogP contribution is 2.44. The quantitative estimate of drug-likeness (QED) is 0.846. The van der Waals surface area contributed by atoms with Crippen molar-refractivity contribution in [2.24, 2.45) is 5.41 Å². The molecule has 2 aliphatic rings. The number of aliphatic hydroxyl groups is 1. The predicted octanol–water partition coefficient (Wildman–Crippen LogP) is 2.11. The Morgan fingerprint density at radius 2 is 2.18 bits per heavy atom. The minimum Gasteiger partial charge on any atom is -0.396 e. The highest BCUT2D eigenvalue weighted by Gasteiger charge is 2.42. The van der Waals surface area contributed by atoms with Crippen LogP contribution in [-0.2, 0) is 11.2 Å². The molecule has 0 radical (unpaired) electrons. The maximum Gasteiger partial charge on any atom is 0.221 e. The molecule has 0 saturated heterocycles. The Kier molecular flexibility index (Phi) is 4.39. The number of aliphatic hydroxyl groups excluding tert-OH is 1. The molecule has 1 fully saturated rings. The Bertz CT molecular complexity index is 540. The zero-order chi connectivity index (χ0) is 15.6. The highest BCUT2D eigenvalue weighted by molar-refractivity contribution is 5.76. The predicted molar refractivity (Wildman–Crippen MR) is 88.0 cm³/mol. The molecular formula is C18H26N2O2. The number of amides is 1. The van der Waals surface area contributed by atoms with E-state index in [4.69, 9.17) is 0 Å². The lowest BCUT2D eigenvalue weighted by molar-refractivity contribution is -0.121. The summed E-state index contributed by atoms with van der Waals surface area (Å²) in [5.74, 6) is 0.0926. The molecule has 1 aromatic rings. The fraction of sp³-hybridized carbons (Fsp3) is 0.611. The number of benzene rings is 1. The van der Waals surface area contributed by atoms with Gasteiger partial charge in [0.1, 0.15) is 0 Å². The van der Waals surface area contributed by atoms with E-state index < -0.39 is 0 Å². The summed E-state index contributed by atoms with van der Waals surface area (Å²) in [6.07, 6.45) is 4.84. The number of carbonyl (C=O) groups is 1. The van der Waals surface area contributed by atoms with E-state index in [0.717, 1.165) is 32.2 Å². The molecule has 1 unspecified atom stereocenters. The molecule has 22 heavy (non-hydrogen) atoms. The Balaban J connectivity index is 1.53. The first kappa shape index (κ1) is 15.3. The van der Waals surface area contributed by atoms with Crippen molar-refractivity contribution < 1.29 is 9.90 Å². The van der Waals surface area contributed by atoms with Gasteiger partial charge in [-0.2, -0.15) is 0 Å². The van der Waals surface area contributed by atoms with Gasteiger partial charge in [0, 0.05) is 36.7 Å². The summed E-state index contributed by atoms with van der Waals surface area (Å²) in [5, 5.41) is 12.3. The normalized spacial score (nSPS) is 22.1. The van der Waals surface area contributed by atoms with E-state index in [0.29, 0.717) is 19.0 Å². The van der Waals surface area contributed by atoms with E-state index in [1.54, 1.807) is 0 Å². The van der Waals surface area contributed by atoms with Crippen molar-refractivity contribution in [1.29, 1.82) is 0 Å². The number of hydrogen-bond donors (Lipinski definition) is 2. The summed E-state index contributed by atoms with van der Waals surface area (Å²) in [6, 6.07) is 8.99. The maximum atomic E-state index is 12.1. The van der Waals surface area contributed by atoms with Crippen molar-refractivity contribution in [2.45, 2.75) is 45.1 Å². The van der Waals surface area contributed by atoms with Gasteiger partial charge in [-0.05, 0) is 44.2 Å². The van der Waals surface area contributed by atoms with Crippen molar-refractivity contribution in [2.75, 3.05) is 24.6 Å². The number of nitrogens with zero attached hydrogens (tertiary/aromatic N) is 1. The van der Waals surface area contributed by atoms with Gasteiger partial charge in [-0.25, -0.2) is 0 Å². The summed E-state index contributed by atoms with van der Waals surface area (Å²) >= 11 is 0. The number of carbonyl (C=O) groups excluding carboxylic acids is 1. The average molecular weight is 302 g/mol. The fourth-order valence-electron chi connectivity index (χ4n) is 3.26. The van der Waals surface area contributed by atoms with Gasteiger partial charge in [0.05, 0.1) is 6.61 Å². The maximum absolute atomic E-state index is 12.1. The lowest BCUT2D eigenvalue weighted by Gasteiger charge is -2.37. The van der Waals surface area contributed by atoms with E-state index in [1.807, 2.05) is 0 Å². The van der Waals surface area contributed by atoms with Crippen LogP contribution in [0.3, 0.4) is 0 Å². The van der Waals surface area contributed by atoms with E-state index in [9.17, 15) is 9.90 Å². The van der Waals surface area contributed by atoms with Crippen molar-refractivity contribution in [3.8, 4) is 0 Å². The SMILES string of the molecule is CC1CCc2ccccc2N1CCC(=O)NCC1(CO)CC1. The van der Waals surface area contributed by atoms with Crippen LogP contribution in [0.4, 0.5) is 5.69 Å². The second-order valence-electron chi connectivity index (χ2n) is 6.89. The minimum absolute atomic E-state index is 0.0132. The zero-order valence-corrected chi connectivity index (χ0v) is 13.3. The smallest absolute Gasteiger partial charge is 0.221 e. The number of hydrogen-bond acceptors (Lipinski definition) is 3. The summed E-state index contributed by atoms with van der Waals surface area (Å²) < 4.78 is 0. The monoisotopic (exact) mass is 302 g/mol. The largest absolute Gasteiger partial charge is 0.396 e. The minimum atomic E-state index is -0.0132. The van der Waals surface area contributed by atoms with E-state index in [-0.39, 0.29) is 17.9 Å². The van der Waals surface area contributed by atoms with Crippen molar-refractivity contribution in [3.63, 3.8) is 0 Å². The second kappa shape index (κ2) is 6.29. The van der Waals surface area contributed by atoms with Gasteiger partial charge in [0.15, 0.2) is 0 Å². The molecule has 1 saturated carbocycles. The molecule has 1 aliphatic heterocycles. The van der Waals surface area contributed by atoms with Gasteiger partial charge >= 0.3 is 0 Å². The topological polar surface area (TPSA) is 52.6 Å². The summed E-state index contributed by atoms with van der Waals surface area (Å²) in [7, 11) is 0. The van der Waals surface area contributed by atoms with Crippen LogP contribution in [0, 0.1) is 5.41 Å². The number of aryl methyl sites for hydroxylation is 1. The summed E-state index contributed by atoms with van der Waals surface area (Å²) in [5.41, 5.74) is 2.65. The molecule has 0 spiro atoms. The van der Waals surface area contributed by atoms with Gasteiger partial charge in [0.25, 0.3) is 0 Å². The highest BCUT2D eigenvalue weighted by atomic mass is 16.3. The van der Waals surface area contributed by atoms with Crippen LogP contribution >= 0.6 is 0 Å². The summed E-state index contributed by atoms with van der Waals surface area (Å²) in [4.78, 5) is 14.4. The Labute approximate surface area is 132 Å². The third-order valence-electron chi connectivity index (χ3n) is 5.20. The van der Waals surface area contributed by atoms with Crippen molar-refractivity contribution >= 4 is 11.6 Å². The van der Waals surface area contributed by atoms with Crippen LogP contribution in [0.25, 0.3) is 0 Å². The van der Waals surface area contributed by atoms with Crippen molar-refractivity contribution in [1.82, 2.24) is 5.32 Å². The Morgan fingerprint density at radius 3 is 2.91 bits per heavy atom. The molecule has 1 aliphatic carbocycles. The molecule has 2 N–H and O–H groups in total. The third kappa shape index (κ3) is 3.27. The molecule has 1 heterocycles. The average Bonchev–Trinajstić information content (AvgIpc) is 3.32. The lowest BCUT2D eigenvalue weighted by Crippen LogP contribution is -2.40. The van der Waals surface area contributed by atoms with E-state index in [1.165, 1.54) is 11.3 Å². The van der Waals surface area contributed by atoms with Crippen LogP contribution in [0.2, 0.25) is 0 Å². The zero-order valence-electron chi connectivity index (χ0n) is 13.3. The molecule has 4 nitrogen and oxygen atoms in total. The number of para-hydroxylation sites is 1. The first-order chi connectivity index (χ1) is 10.6. The molecule has 0 bridgehead atoms. The Hall–Kier alpha value is -1.55. The molecule has 120 valence electrons. The van der Waals surface area contributed by atoms with Gasteiger partial charge in [-0.15, -0.1) is 0 Å². The number of nitrogens with one attached hydrogen (secondary N) is 1. The van der Waals surface area contributed by atoms with Gasteiger partial charge in [-0.3, -0.25) is 4.79 Å². The molecule has 3 rings (SSSR count). The van der Waals surface area contributed by atoms with E-state index in [2.05, 4.69) is 41.4 Å². The van der Waals surface area contributed by atoms with Crippen LogP contribution in [0.5, 0.6) is 0 Å². The molecule has 0 aromatic heterocycles. The molecular weight excluding hydrogens is 276 g/mol.